The van der Waals surface area contributed by atoms with Gasteiger partial charge in [0.25, 0.3) is 0 Å². The van der Waals surface area contributed by atoms with Gasteiger partial charge >= 0.3 is 6.18 Å². The Morgan fingerprint density at radius 1 is 1.25 bits per heavy atom. The number of hydrogen-bond acceptors (Lipinski definition) is 3. The summed E-state index contributed by atoms with van der Waals surface area (Å²) in [4.78, 5) is 2.04. The molecule has 0 bridgehead atoms. The molecule has 2 N–H and O–H groups in total. The minimum Gasteiger partial charge on any atom is -0.394 e. The standard InChI is InChI=1S/C14H19F3N2O/c15-14(16,17)12-4-1-3-11(9-12)13(10-20)19-7-2-5-18-6-8-19/h1,3-4,9,13,18,20H,2,5-8,10H2. The van der Waals surface area contributed by atoms with Crippen LogP contribution in [-0.4, -0.2) is 42.8 Å². The SMILES string of the molecule is OCC(c1cccc(C(F)(F)F)c1)N1CCCNCC1. The van der Waals surface area contributed by atoms with E-state index in [0.29, 0.717) is 5.56 Å². The molecule has 0 saturated carbocycles. The van der Waals surface area contributed by atoms with Crippen molar-refractivity contribution < 1.29 is 18.3 Å². The van der Waals surface area contributed by atoms with Crippen LogP contribution in [0.3, 0.4) is 0 Å². The largest absolute Gasteiger partial charge is 0.416 e. The fraction of sp³-hybridized carbons (Fsp3) is 0.571. The molecule has 0 amide bonds. The van der Waals surface area contributed by atoms with Crippen molar-refractivity contribution in [3.63, 3.8) is 0 Å². The Kier molecular flexibility index (Phi) is 5.01. The third-order valence-electron chi connectivity index (χ3n) is 3.59. The highest BCUT2D eigenvalue weighted by Crippen LogP contribution is 2.31. The summed E-state index contributed by atoms with van der Waals surface area (Å²) in [6.45, 7) is 3.00. The molecule has 1 aliphatic heterocycles. The maximum Gasteiger partial charge on any atom is 0.416 e. The third-order valence-corrected chi connectivity index (χ3v) is 3.59. The second-order valence-electron chi connectivity index (χ2n) is 4.96. The van der Waals surface area contributed by atoms with Crippen LogP contribution >= 0.6 is 0 Å². The lowest BCUT2D eigenvalue weighted by Crippen LogP contribution is -2.34. The Hall–Kier alpha value is -1.11. The van der Waals surface area contributed by atoms with Gasteiger partial charge in [-0.25, -0.2) is 0 Å². The summed E-state index contributed by atoms with van der Waals surface area (Å²) in [5.41, 5.74) is -0.148. The number of aliphatic hydroxyl groups excluding tert-OH is 1. The molecule has 2 rings (SSSR count). The first-order valence-electron chi connectivity index (χ1n) is 6.75. The molecule has 0 aliphatic carbocycles. The molecule has 0 radical (unpaired) electrons. The normalized spacial score (nSPS) is 19.6. The van der Waals surface area contributed by atoms with E-state index in [2.05, 4.69) is 5.32 Å². The van der Waals surface area contributed by atoms with Crippen molar-refractivity contribution in [2.45, 2.75) is 18.6 Å². The van der Waals surface area contributed by atoms with Crippen LogP contribution < -0.4 is 5.32 Å². The van der Waals surface area contributed by atoms with Gasteiger partial charge in [-0.2, -0.15) is 13.2 Å². The number of aliphatic hydroxyl groups is 1. The molecule has 1 atom stereocenters. The molecular weight excluding hydrogens is 269 g/mol. The molecule has 6 heteroatoms. The molecule has 1 unspecified atom stereocenters. The van der Waals surface area contributed by atoms with E-state index in [1.54, 1.807) is 6.07 Å². The van der Waals surface area contributed by atoms with Crippen molar-refractivity contribution in [1.29, 1.82) is 0 Å². The van der Waals surface area contributed by atoms with Crippen molar-refractivity contribution >= 4 is 0 Å². The average molecular weight is 288 g/mol. The zero-order valence-corrected chi connectivity index (χ0v) is 11.2. The number of nitrogens with one attached hydrogen (secondary N) is 1. The molecule has 0 spiro atoms. The molecule has 1 aromatic carbocycles. The van der Waals surface area contributed by atoms with Gasteiger partial charge in [-0.1, -0.05) is 12.1 Å². The first-order valence-corrected chi connectivity index (χ1v) is 6.75. The Balaban J connectivity index is 2.22. The van der Waals surface area contributed by atoms with Gasteiger partial charge in [0.1, 0.15) is 0 Å². The molecule has 20 heavy (non-hydrogen) atoms. The summed E-state index contributed by atoms with van der Waals surface area (Å²) in [7, 11) is 0. The molecule has 1 heterocycles. The van der Waals surface area contributed by atoms with Crippen molar-refractivity contribution in [1.82, 2.24) is 10.2 Å². The van der Waals surface area contributed by atoms with Crippen molar-refractivity contribution in [2.75, 3.05) is 32.8 Å². The average Bonchev–Trinajstić information content (AvgIpc) is 2.68. The fourth-order valence-electron chi connectivity index (χ4n) is 2.53. The van der Waals surface area contributed by atoms with Crippen LogP contribution in [0.4, 0.5) is 13.2 Å². The van der Waals surface area contributed by atoms with Gasteiger partial charge in [-0.05, 0) is 30.7 Å². The van der Waals surface area contributed by atoms with E-state index in [4.69, 9.17) is 0 Å². The smallest absolute Gasteiger partial charge is 0.394 e. The zero-order valence-electron chi connectivity index (χ0n) is 11.2. The van der Waals surface area contributed by atoms with Crippen LogP contribution in [0, 0.1) is 0 Å². The van der Waals surface area contributed by atoms with E-state index < -0.39 is 11.7 Å². The predicted molar refractivity (Wildman–Crippen MR) is 70.3 cm³/mol. The lowest BCUT2D eigenvalue weighted by atomic mass is 10.0. The van der Waals surface area contributed by atoms with Crippen LogP contribution in [0.1, 0.15) is 23.6 Å². The molecule has 0 aromatic heterocycles. The minimum absolute atomic E-state index is 0.179. The summed E-state index contributed by atoms with van der Waals surface area (Å²) in [6, 6.07) is 4.86. The monoisotopic (exact) mass is 288 g/mol. The molecular formula is C14H19F3N2O. The summed E-state index contributed by atoms with van der Waals surface area (Å²) < 4.78 is 38.3. The van der Waals surface area contributed by atoms with Gasteiger partial charge in [0.15, 0.2) is 0 Å². The maximum atomic E-state index is 12.8. The summed E-state index contributed by atoms with van der Waals surface area (Å²) in [5, 5.41) is 12.8. The number of alkyl halides is 3. The molecule has 3 nitrogen and oxygen atoms in total. The topological polar surface area (TPSA) is 35.5 Å². The van der Waals surface area contributed by atoms with Gasteiger partial charge < -0.3 is 10.4 Å². The second-order valence-corrected chi connectivity index (χ2v) is 4.96. The third kappa shape index (κ3) is 3.71. The lowest BCUT2D eigenvalue weighted by Gasteiger charge is -2.29. The van der Waals surface area contributed by atoms with Crippen LogP contribution in [0.15, 0.2) is 24.3 Å². The van der Waals surface area contributed by atoms with Crippen molar-refractivity contribution in [2.24, 2.45) is 0 Å². The molecule has 112 valence electrons. The van der Waals surface area contributed by atoms with Gasteiger partial charge in [0.05, 0.1) is 18.2 Å². The second kappa shape index (κ2) is 6.56. The predicted octanol–water partition coefficient (Wildman–Crippen LogP) is 2.03. The Bertz CT molecular complexity index is 429. The highest BCUT2D eigenvalue weighted by molar-refractivity contribution is 5.28. The van der Waals surface area contributed by atoms with Crippen LogP contribution in [-0.2, 0) is 6.18 Å². The summed E-state index contributed by atoms with van der Waals surface area (Å²) in [6.07, 6.45) is -3.42. The summed E-state index contributed by atoms with van der Waals surface area (Å²) in [5.74, 6) is 0. The van der Waals surface area contributed by atoms with Gasteiger partial charge in [0, 0.05) is 19.6 Å². The van der Waals surface area contributed by atoms with Gasteiger partial charge in [-0.3, -0.25) is 4.90 Å². The number of rotatable bonds is 3. The summed E-state index contributed by atoms with van der Waals surface area (Å²) >= 11 is 0. The van der Waals surface area contributed by atoms with Gasteiger partial charge in [0.2, 0.25) is 0 Å². The number of halogens is 3. The first kappa shape index (κ1) is 15.3. The van der Waals surface area contributed by atoms with Crippen molar-refractivity contribution in [3.05, 3.63) is 35.4 Å². The zero-order chi connectivity index (χ0) is 14.6. The molecule has 1 aliphatic rings. The van der Waals surface area contributed by atoms with Crippen molar-refractivity contribution in [3.8, 4) is 0 Å². The lowest BCUT2D eigenvalue weighted by molar-refractivity contribution is -0.137. The maximum absolute atomic E-state index is 12.8. The van der Waals surface area contributed by atoms with E-state index in [-0.39, 0.29) is 12.6 Å². The van der Waals surface area contributed by atoms with E-state index >= 15 is 0 Å². The van der Waals surface area contributed by atoms with E-state index in [9.17, 15) is 18.3 Å². The highest BCUT2D eigenvalue weighted by Gasteiger charge is 2.31. The number of nitrogens with zero attached hydrogens (tertiary/aromatic N) is 1. The van der Waals surface area contributed by atoms with E-state index in [1.165, 1.54) is 6.07 Å². The van der Waals surface area contributed by atoms with Crippen LogP contribution in [0.5, 0.6) is 0 Å². The Morgan fingerprint density at radius 2 is 2.05 bits per heavy atom. The quantitative estimate of drug-likeness (QED) is 0.893. The van der Waals surface area contributed by atoms with Crippen LogP contribution in [0.2, 0.25) is 0 Å². The molecule has 1 aromatic rings. The van der Waals surface area contributed by atoms with Gasteiger partial charge in [-0.15, -0.1) is 0 Å². The number of hydrogen-bond donors (Lipinski definition) is 2. The molecule has 1 fully saturated rings. The first-order chi connectivity index (χ1) is 9.52. The highest BCUT2D eigenvalue weighted by atomic mass is 19.4. The Labute approximate surface area is 116 Å². The van der Waals surface area contributed by atoms with Crippen LogP contribution in [0.25, 0.3) is 0 Å². The molecule has 1 saturated heterocycles. The Morgan fingerprint density at radius 3 is 2.75 bits per heavy atom. The van der Waals surface area contributed by atoms with E-state index in [0.717, 1.165) is 44.7 Å². The number of benzene rings is 1. The minimum atomic E-state index is -4.35. The fourth-order valence-corrected chi connectivity index (χ4v) is 2.53. The van der Waals surface area contributed by atoms with E-state index in [1.807, 2.05) is 4.90 Å².